The molecule has 0 saturated carbocycles. The van der Waals surface area contributed by atoms with Crippen LogP contribution in [0, 0.1) is 0 Å². The van der Waals surface area contributed by atoms with E-state index in [4.69, 9.17) is 5.73 Å². The normalized spacial score (nSPS) is 24.4. The molecule has 1 saturated heterocycles. The van der Waals surface area contributed by atoms with Crippen molar-refractivity contribution in [2.45, 2.75) is 77.3 Å². The van der Waals surface area contributed by atoms with Crippen LogP contribution < -0.4 is 5.73 Å². The maximum absolute atomic E-state index is 6.09. The Morgan fingerprint density at radius 2 is 1.81 bits per heavy atom. The Labute approximate surface area is 102 Å². The summed E-state index contributed by atoms with van der Waals surface area (Å²) in [6.07, 6.45) is 9.20. The van der Waals surface area contributed by atoms with Crippen LogP contribution in [0.4, 0.5) is 0 Å². The number of nitrogens with zero attached hydrogens (tertiary/aromatic N) is 1. The van der Waals surface area contributed by atoms with Crippen molar-refractivity contribution in [3.8, 4) is 0 Å². The van der Waals surface area contributed by atoms with Gasteiger partial charge in [0.1, 0.15) is 0 Å². The van der Waals surface area contributed by atoms with Gasteiger partial charge in [-0.05, 0) is 38.6 Å². The number of rotatable bonds is 5. The van der Waals surface area contributed by atoms with Crippen molar-refractivity contribution in [1.29, 1.82) is 0 Å². The third-order valence-electron chi connectivity index (χ3n) is 4.65. The predicted molar refractivity (Wildman–Crippen MR) is 71.6 cm³/mol. The Morgan fingerprint density at radius 3 is 2.31 bits per heavy atom. The quantitative estimate of drug-likeness (QED) is 0.780. The predicted octanol–water partition coefficient (Wildman–Crippen LogP) is 3.16. The standard InChI is InChI=1S/C14H30N2/c1-4-13-10-8-7-9-11-16(13)14(5-2,6-3)12-15/h13H,4-12,15H2,1-3H3. The average Bonchev–Trinajstić information content (AvgIpc) is 2.58. The van der Waals surface area contributed by atoms with E-state index >= 15 is 0 Å². The second-order valence-corrected chi connectivity index (χ2v) is 5.24. The van der Waals surface area contributed by atoms with Crippen LogP contribution in [0.25, 0.3) is 0 Å². The van der Waals surface area contributed by atoms with Gasteiger partial charge in [-0.1, -0.05) is 33.6 Å². The molecular weight excluding hydrogens is 196 g/mol. The van der Waals surface area contributed by atoms with Crippen LogP contribution in [0.15, 0.2) is 0 Å². The summed E-state index contributed by atoms with van der Waals surface area (Å²) in [5, 5.41) is 0. The van der Waals surface area contributed by atoms with E-state index in [0.717, 1.165) is 12.6 Å². The van der Waals surface area contributed by atoms with Crippen molar-refractivity contribution >= 4 is 0 Å². The first-order valence-electron chi connectivity index (χ1n) is 7.20. The minimum Gasteiger partial charge on any atom is -0.329 e. The molecule has 0 aromatic carbocycles. The lowest BCUT2D eigenvalue weighted by Gasteiger charge is -2.46. The lowest BCUT2D eigenvalue weighted by molar-refractivity contribution is 0.0407. The van der Waals surface area contributed by atoms with E-state index in [0.29, 0.717) is 0 Å². The maximum Gasteiger partial charge on any atom is 0.0329 e. The van der Waals surface area contributed by atoms with Crippen LogP contribution in [0.3, 0.4) is 0 Å². The van der Waals surface area contributed by atoms with Crippen LogP contribution in [0.1, 0.15) is 65.7 Å². The van der Waals surface area contributed by atoms with E-state index in [9.17, 15) is 0 Å². The molecule has 1 rings (SSSR count). The van der Waals surface area contributed by atoms with E-state index in [1.807, 2.05) is 0 Å². The Kier molecular flexibility index (Phi) is 5.77. The molecule has 0 aliphatic carbocycles. The van der Waals surface area contributed by atoms with Gasteiger partial charge in [-0.3, -0.25) is 4.90 Å². The van der Waals surface area contributed by atoms with Gasteiger partial charge < -0.3 is 5.73 Å². The zero-order chi connectivity index (χ0) is 12.0. The molecule has 2 heteroatoms. The second kappa shape index (κ2) is 6.61. The zero-order valence-corrected chi connectivity index (χ0v) is 11.5. The lowest BCUT2D eigenvalue weighted by atomic mass is 9.88. The minimum absolute atomic E-state index is 0.269. The number of likely N-dealkylation sites (tertiary alicyclic amines) is 1. The lowest BCUT2D eigenvalue weighted by Crippen LogP contribution is -2.57. The van der Waals surface area contributed by atoms with Crippen LogP contribution in [-0.2, 0) is 0 Å². The van der Waals surface area contributed by atoms with E-state index < -0.39 is 0 Å². The van der Waals surface area contributed by atoms with E-state index in [1.54, 1.807) is 0 Å². The minimum atomic E-state index is 0.269. The monoisotopic (exact) mass is 226 g/mol. The van der Waals surface area contributed by atoms with Crippen molar-refractivity contribution in [1.82, 2.24) is 4.90 Å². The van der Waals surface area contributed by atoms with E-state index in [1.165, 1.54) is 51.5 Å². The van der Waals surface area contributed by atoms with Crippen molar-refractivity contribution in [3.63, 3.8) is 0 Å². The van der Waals surface area contributed by atoms with Gasteiger partial charge in [0.25, 0.3) is 0 Å². The Hall–Kier alpha value is -0.0800. The van der Waals surface area contributed by atoms with Crippen molar-refractivity contribution < 1.29 is 0 Å². The highest BCUT2D eigenvalue weighted by Gasteiger charge is 2.36. The molecule has 96 valence electrons. The molecule has 1 aliphatic heterocycles. The molecule has 1 fully saturated rings. The molecule has 0 radical (unpaired) electrons. The van der Waals surface area contributed by atoms with Gasteiger partial charge in [0.2, 0.25) is 0 Å². The topological polar surface area (TPSA) is 29.3 Å². The molecule has 16 heavy (non-hydrogen) atoms. The van der Waals surface area contributed by atoms with Gasteiger partial charge in [0.15, 0.2) is 0 Å². The smallest absolute Gasteiger partial charge is 0.0329 e. The van der Waals surface area contributed by atoms with Gasteiger partial charge >= 0.3 is 0 Å². The summed E-state index contributed by atoms with van der Waals surface area (Å²) in [5.41, 5.74) is 6.35. The summed E-state index contributed by atoms with van der Waals surface area (Å²) >= 11 is 0. The third kappa shape index (κ3) is 2.78. The van der Waals surface area contributed by atoms with Crippen LogP contribution in [-0.4, -0.2) is 29.6 Å². The van der Waals surface area contributed by atoms with Gasteiger partial charge in [-0.2, -0.15) is 0 Å². The van der Waals surface area contributed by atoms with Gasteiger partial charge in [0, 0.05) is 18.1 Å². The molecule has 1 heterocycles. The van der Waals surface area contributed by atoms with Crippen molar-refractivity contribution in [2.24, 2.45) is 5.73 Å². The molecule has 2 nitrogen and oxygen atoms in total. The van der Waals surface area contributed by atoms with Gasteiger partial charge in [-0.15, -0.1) is 0 Å². The molecule has 0 amide bonds. The van der Waals surface area contributed by atoms with Crippen molar-refractivity contribution in [2.75, 3.05) is 13.1 Å². The Balaban J connectivity index is 2.85. The SMILES string of the molecule is CCC1CCCCCN1C(CC)(CC)CN. The highest BCUT2D eigenvalue weighted by atomic mass is 15.2. The molecule has 2 N–H and O–H groups in total. The summed E-state index contributed by atoms with van der Waals surface area (Å²) in [5.74, 6) is 0. The number of nitrogens with two attached hydrogens (primary N) is 1. The summed E-state index contributed by atoms with van der Waals surface area (Å²) in [6.45, 7) is 9.01. The average molecular weight is 226 g/mol. The molecule has 1 aliphatic rings. The summed E-state index contributed by atoms with van der Waals surface area (Å²) in [7, 11) is 0. The third-order valence-corrected chi connectivity index (χ3v) is 4.65. The first kappa shape index (κ1) is 14.0. The van der Waals surface area contributed by atoms with Crippen LogP contribution in [0.2, 0.25) is 0 Å². The molecule has 0 spiro atoms. The second-order valence-electron chi connectivity index (χ2n) is 5.24. The Bertz CT molecular complexity index is 179. The van der Waals surface area contributed by atoms with Crippen molar-refractivity contribution in [3.05, 3.63) is 0 Å². The maximum atomic E-state index is 6.09. The fourth-order valence-electron chi connectivity index (χ4n) is 3.29. The number of hydrogen-bond donors (Lipinski definition) is 1. The molecule has 1 atom stereocenters. The fraction of sp³-hybridized carbons (Fsp3) is 1.00. The zero-order valence-electron chi connectivity index (χ0n) is 11.5. The van der Waals surface area contributed by atoms with E-state index in [2.05, 4.69) is 25.7 Å². The largest absolute Gasteiger partial charge is 0.329 e. The van der Waals surface area contributed by atoms with E-state index in [-0.39, 0.29) is 5.54 Å². The molecule has 1 unspecified atom stereocenters. The first-order chi connectivity index (χ1) is 7.74. The molecule has 0 aromatic rings. The molecule has 0 bridgehead atoms. The summed E-state index contributed by atoms with van der Waals surface area (Å²) in [4.78, 5) is 2.75. The molecular formula is C14H30N2. The van der Waals surface area contributed by atoms with Crippen LogP contribution >= 0.6 is 0 Å². The summed E-state index contributed by atoms with van der Waals surface area (Å²) in [6, 6.07) is 0.769. The fourth-order valence-corrected chi connectivity index (χ4v) is 3.29. The van der Waals surface area contributed by atoms with Gasteiger partial charge in [-0.25, -0.2) is 0 Å². The number of hydrogen-bond acceptors (Lipinski definition) is 2. The highest BCUT2D eigenvalue weighted by molar-refractivity contribution is 4.93. The van der Waals surface area contributed by atoms with Gasteiger partial charge in [0.05, 0.1) is 0 Å². The molecule has 0 aromatic heterocycles. The first-order valence-corrected chi connectivity index (χ1v) is 7.20. The van der Waals surface area contributed by atoms with Crippen LogP contribution in [0.5, 0.6) is 0 Å². The highest BCUT2D eigenvalue weighted by Crippen LogP contribution is 2.31. The summed E-state index contributed by atoms with van der Waals surface area (Å²) < 4.78 is 0. The Morgan fingerprint density at radius 1 is 1.12 bits per heavy atom.